The van der Waals surface area contributed by atoms with Gasteiger partial charge in [0.05, 0.1) is 5.41 Å². The predicted molar refractivity (Wildman–Crippen MR) is 269 cm³/mol. The lowest BCUT2D eigenvalue weighted by molar-refractivity contribution is 0.722. The maximum absolute atomic E-state index is 2.44. The Hall–Kier alpha value is -7.26. The Morgan fingerprint density at radius 1 is 0.444 bits per heavy atom. The second-order valence-electron chi connectivity index (χ2n) is 17.3. The third-order valence-corrected chi connectivity index (χ3v) is 15.0. The van der Waals surface area contributed by atoms with Crippen molar-refractivity contribution in [2.75, 3.05) is 11.9 Å². The van der Waals surface area contributed by atoms with E-state index in [9.17, 15) is 0 Å². The maximum Gasteiger partial charge on any atom is 0.0726 e. The Kier molecular flexibility index (Phi) is 8.91. The summed E-state index contributed by atoms with van der Waals surface area (Å²) in [5.74, 6) is 0.636. The molecule has 2 heteroatoms. The van der Waals surface area contributed by atoms with Crippen molar-refractivity contribution in [1.29, 1.82) is 0 Å². The number of benzene rings is 9. The van der Waals surface area contributed by atoms with Gasteiger partial charge in [-0.2, -0.15) is 0 Å². The molecule has 0 aliphatic heterocycles. The Morgan fingerprint density at radius 2 is 0.921 bits per heavy atom. The number of hydrogen-bond donors (Lipinski definition) is 0. The molecule has 300 valence electrons. The van der Waals surface area contributed by atoms with E-state index in [0.717, 1.165) is 6.42 Å². The first kappa shape index (κ1) is 37.5. The quantitative estimate of drug-likeness (QED) is 0.160. The van der Waals surface area contributed by atoms with E-state index in [2.05, 4.69) is 237 Å². The molecule has 1 unspecified atom stereocenters. The van der Waals surface area contributed by atoms with Crippen molar-refractivity contribution in [3.63, 3.8) is 0 Å². The third kappa shape index (κ3) is 5.89. The van der Waals surface area contributed by atoms with Gasteiger partial charge in [-0.15, -0.1) is 11.3 Å². The molecule has 1 atom stereocenters. The summed E-state index contributed by atoms with van der Waals surface area (Å²) in [4.78, 5) is 4.90. The number of thiophene rings is 1. The Morgan fingerprint density at radius 3 is 1.54 bits per heavy atom. The van der Waals surface area contributed by atoms with Gasteiger partial charge in [-0.25, -0.2) is 0 Å². The Labute approximate surface area is 373 Å². The number of nitrogens with zero attached hydrogens (tertiary/aromatic N) is 1. The lowest BCUT2D eigenvalue weighted by atomic mass is 9.70. The van der Waals surface area contributed by atoms with Crippen LogP contribution in [-0.4, -0.2) is 7.05 Å². The monoisotopic (exact) mass is 823 g/mol. The molecule has 0 fully saturated rings. The van der Waals surface area contributed by atoms with Crippen molar-refractivity contribution in [1.82, 2.24) is 0 Å². The topological polar surface area (TPSA) is 3.24 Å². The van der Waals surface area contributed by atoms with Crippen molar-refractivity contribution < 1.29 is 0 Å². The van der Waals surface area contributed by atoms with Gasteiger partial charge in [0.2, 0.25) is 0 Å². The van der Waals surface area contributed by atoms with Gasteiger partial charge in [-0.3, -0.25) is 0 Å². The fourth-order valence-corrected chi connectivity index (χ4v) is 11.9. The molecule has 13 rings (SSSR count). The lowest BCUT2D eigenvalue weighted by Gasteiger charge is -2.31. The highest BCUT2D eigenvalue weighted by molar-refractivity contribution is 7.18. The molecule has 0 saturated heterocycles. The zero-order valence-corrected chi connectivity index (χ0v) is 36.2. The molecule has 0 bridgehead atoms. The van der Waals surface area contributed by atoms with Crippen LogP contribution in [0.25, 0.3) is 70.8 Å². The van der Waals surface area contributed by atoms with E-state index in [1.165, 1.54) is 109 Å². The average molecular weight is 824 g/mol. The molecule has 1 heterocycles. The van der Waals surface area contributed by atoms with Crippen LogP contribution in [0.15, 0.2) is 212 Å². The number of allylic oxidation sites excluding steroid dienone is 1. The molecular weight excluding hydrogens is 779 g/mol. The highest BCUT2D eigenvalue weighted by Gasteiger charge is 2.51. The summed E-state index contributed by atoms with van der Waals surface area (Å²) in [6.45, 7) is 2.30. The summed E-state index contributed by atoms with van der Waals surface area (Å²) in [6.07, 6.45) is 5.80. The van der Waals surface area contributed by atoms with Crippen molar-refractivity contribution in [3.8, 4) is 43.1 Å². The third-order valence-electron chi connectivity index (χ3n) is 13.8. The minimum atomic E-state index is -0.324. The van der Waals surface area contributed by atoms with Crippen LogP contribution in [0, 0.1) is 5.92 Å². The minimum absolute atomic E-state index is 0.324. The Bertz CT molecular complexity index is 3340. The normalized spacial score (nSPS) is 14.7. The van der Waals surface area contributed by atoms with Crippen molar-refractivity contribution >= 4 is 50.3 Å². The Balaban J connectivity index is 0.000000184. The first-order valence-electron chi connectivity index (χ1n) is 22.1. The summed E-state index contributed by atoms with van der Waals surface area (Å²) in [7, 11) is 2.18. The van der Waals surface area contributed by atoms with E-state index >= 15 is 0 Å². The zero-order chi connectivity index (χ0) is 42.1. The molecule has 0 saturated carbocycles. The summed E-state index contributed by atoms with van der Waals surface area (Å²) < 4.78 is 0. The molecule has 3 aliphatic carbocycles. The van der Waals surface area contributed by atoms with Gasteiger partial charge >= 0.3 is 0 Å². The summed E-state index contributed by atoms with van der Waals surface area (Å²) in [5.41, 5.74) is 18.3. The van der Waals surface area contributed by atoms with Gasteiger partial charge in [0.1, 0.15) is 0 Å². The fraction of sp³-hybridized carbons (Fsp3) is 0.0820. The van der Waals surface area contributed by atoms with Crippen LogP contribution in [0.2, 0.25) is 0 Å². The second kappa shape index (κ2) is 15.0. The second-order valence-corrected chi connectivity index (χ2v) is 18.4. The van der Waals surface area contributed by atoms with E-state index in [-0.39, 0.29) is 5.41 Å². The fourth-order valence-electron chi connectivity index (χ4n) is 10.8. The molecule has 0 amide bonds. The SMILES string of the molecule is CC1C=Cc2c(c3ccccc3c3ccccc23)C1.CN(c1ccc(-c2ccc(-c3ccccc3)s2)cc1)c1ccc2c(c1)C1(c3ccccc3-c3ccccc31)c1ccccc1-2. The van der Waals surface area contributed by atoms with Gasteiger partial charge in [-0.05, 0) is 137 Å². The van der Waals surface area contributed by atoms with Crippen molar-refractivity contribution in [2.45, 2.75) is 18.8 Å². The van der Waals surface area contributed by atoms with E-state index in [1.807, 2.05) is 11.3 Å². The van der Waals surface area contributed by atoms with Crippen LogP contribution >= 0.6 is 11.3 Å². The molecule has 10 aromatic rings. The van der Waals surface area contributed by atoms with E-state index in [0.29, 0.717) is 5.92 Å². The van der Waals surface area contributed by atoms with Crippen LogP contribution in [-0.2, 0) is 11.8 Å². The van der Waals surface area contributed by atoms with Gasteiger partial charge in [-0.1, -0.05) is 189 Å². The number of rotatable bonds is 4. The maximum atomic E-state index is 2.44. The molecule has 1 spiro atoms. The molecule has 63 heavy (non-hydrogen) atoms. The van der Waals surface area contributed by atoms with Crippen LogP contribution in [0.3, 0.4) is 0 Å². The van der Waals surface area contributed by atoms with Crippen LogP contribution in [0.1, 0.15) is 40.3 Å². The van der Waals surface area contributed by atoms with Crippen LogP contribution in [0.4, 0.5) is 11.4 Å². The van der Waals surface area contributed by atoms with Gasteiger partial charge in [0.25, 0.3) is 0 Å². The van der Waals surface area contributed by atoms with Crippen molar-refractivity contribution in [3.05, 3.63) is 246 Å². The zero-order valence-electron chi connectivity index (χ0n) is 35.4. The summed E-state index contributed by atoms with van der Waals surface area (Å²) in [5, 5.41) is 5.57. The average Bonchev–Trinajstić information content (AvgIpc) is 4.05. The van der Waals surface area contributed by atoms with Crippen LogP contribution < -0.4 is 4.90 Å². The number of fused-ring (bicyclic) bond motifs is 16. The molecule has 1 nitrogen and oxygen atoms in total. The molecule has 0 radical (unpaired) electrons. The molecule has 9 aromatic carbocycles. The lowest BCUT2D eigenvalue weighted by Crippen LogP contribution is -2.26. The highest BCUT2D eigenvalue weighted by atomic mass is 32.1. The van der Waals surface area contributed by atoms with Gasteiger partial charge < -0.3 is 4.90 Å². The molecule has 1 aromatic heterocycles. The van der Waals surface area contributed by atoms with E-state index < -0.39 is 0 Å². The molecule has 3 aliphatic rings. The van der Waals surface area contributed by atoms with Gasteiger partial charge in [0.15, 0.2) is 0 Å². The van der Waals surface area contributed by atoms with Crippen LogP contribution in [0.5, 0.6) is 0 Å². The summed E-state index contributed by atoms with van der Waals surface area (Å²) >= 11 is 1.84. The highest BCUT2D eigenvalue weighted by Crippen LogP contribution is 2.63. The van der Waals surface area contributed by atoms with E-state index in [4.69, 9.17) is 0 Å². The minimum Gasteiger partial charge on any atom is -0.345 e. The standard InChI is InChI=1S/C42H29NS.C19H16/c1-43(30-21-19-29(20-22-30)41-26-25-40(44-41)28-11-3-2-4-12-28)31-23-24-35-34-15-7-10-18-38(34)42(39(35)27-31)36-16-8-5-13-32(36)33-14-6-9-17-37(33)42;1-13-10-11-18-16-8-3-2-6-14(16)15-7-4-5-9-17(15)19(18)12-13/h2-27H,1H3;2-11,13H,12H2,1H3. The van der Waals surface area contributed by atoms with Crippen molar-refractivity contribution in [2.24, 2.45) is 5.92 Å². The molecule has 0 N–H and O–H groups in total. The largest absolute Gasteiger partial charge is 0.345 e. The first-order valence-corrected chi connectivity index (χ1v) is 22.9. The number of hydrogen-bond acceptors (Lipinski definition) is 2. The smallest absolute Gasteiger partial charge is 0.0726 e. The number of anilines is 2. The summed E-state index contributed by atoms with van der Waals surface area (Å²) in [6, 6.07) is 75.7. The predicted octanol–water partition coefficient (Wildman–Crippen LogP) is 16.4. The molecular formula is C61H45NS. The van der Waals surface area contributed by atoms with E-state index in [1.54, 1.807) is 0 Å². The van der Waals surface area contributed by atoms with Gasteiger partial charge in [0, 0.05) is 28.2 Å². The first-order chi connectivity index (χ1) is 31.1.